The average molecular weight is 471 g/mol. The molecule has 0 aromatic heterocycles. The number of esters is 1. The Morgan fingerprint density at radius 2 is 1.24 bits per heavy atom. The largest absolute Gasteiger partial charge is 0.463 e. The first-order valence-corrected chi connectivity index (χ1v) is 12.4. The van der Waals surface area contributed by atoms with E-state index in [1.165, 1.54) is 38.5 Å². The van der Waals surface area contributed by atoms with E-state index in [4.69, 9.17) is 9.84 Å². The first-order valence-electron chi connectivity index (χ1n) is 12.4. The Morgan fingerprint density at radius 3 is 1.85 bits per heavy atom. The SMILES string of the molecule is CCCCCCCCC=CCC=CCC=CCCCC(=O)OC[C@@H](O)[C@@H](O)[C@H](O)[C@@H](O)CO. The smallest absolute Gasteiger partial charge is 0.305 e. The minimum atomic E-state index is -1.73. The van der Waals surface area contributed by atoms with Gasteiger partial charge in [-0.3, -0.25) is 4.79 Å². The molecule has 0 fully saturated rings. The van der Waals surface area contributed by atoms with Gasteiger partial charge in [0.05, 0.1) is 6.61 Å². The van der Waals surface area contributed by atoms with Crippen LogP contribution in [-0.2, 0) is 9.53 Å². The second kappa shape index (κ2) is 22.3. The maximum atomic E-state index is 11.7. The molecule has 7 nitrogen and oxygen atoms in total. The van der Waals surface area contributed by atoms with Crippen molar-refractivity contribution in [1.29, 1.82) is 0 Å². The first-order chi connectivity index (χ1) is 15.9. The third-order valence-electron chi connectivity index (χ3n) is 5.26. The van der Waals surface area contributed by atoms with Crippen LogP contribution >= 0.6 is 0 Å². The molecule has 0 saturated heterocycles. The molecule has 0 aromatic carbocycles. The molecular weight excluding hydrogens is 424 g/mol. The Labute approximate surface area is 199 Å². The average Bonchev–Trinajstić information content (AvgIpc) is 2.82. The van der Waals surface area contributed by atoms with Crippen LogP contribution in [0, 0.1) is 0 Å². The third-order valence-corrected chi connectivity index (χ3v) is 5.26. The lowest BCUT2D eigenvalue weighted by molar-refractivity contribution is -0.156. The van der Waals surface area contributed by atoms with Crippen LogP contribution in [0.3, 0.4) is 0 Å². The van der Waals surface area contributed by atoms with Crippen molar-refractivity contribution < 1.29 is 35.1 Å². The Morgan fingerprint density at radius 1 is 0.727 bits per heavy atom. The monoisotopic (exact) mass is 470 g/mol. The van der Waals surface area contributed by atoms with Crippen LogP contribution in [0.1, 0.15) is 84.0 Å². The molecule has 0 aliphatic heterocycles. The van der Waals surface area contributed by atoms with Gasteiger partial charge in [0.25, 0.3) is 0 Å². The van der Waals surface area contributed by atoms with Crippen LogP contribution in [-0.4, -0.2) is 69.1 Å². The highest BCUT2D eigenvalue weighted by Gasteiger charge is 2.30. The van der Waals surface area contributed by atoms with Crippen molar-refractivity contribution in [3.63, 3.8) is 0 Å². The minimum Gasteiger partial charge on any atom is -0.463 e. The van der Waals surface area contributed by atoms with Crippen molar-refractivity contribution in [2.75, 3.05) is 13.2 Å². The second-order valence-corrected chi connectivity index (χ2v) is 8.32. The predicted molar refractivity (Wildman–Crippen MR) is 131 cm³/mol. The fourth-order valence-corrected chi connectivity index (χ4v) is 3.10. The molecule has 0 bridgehead atoms. The molecule has 0 heterocycles. The third kappa shape index (κ3) is 18.6. The van der Waals surface area contributed by atoms with E-state index in [-0.39, 0.29) is 6.42 Å². The van der Waals surface area contributed by atoms with Crippen LogP contribution < -0.4 is 0 Å². The van der Waals surface area contributed by atoms with Gasteiger partial charge in [0.15, 0.2) is 0 Å². The number of allylic oxidation sites excluding steroid dienone is 6. The lowest BCUT2D eigenvalue weighted by atomic mass is 10.0. The van der Waals surface area contributed by atoms with Gasteiger partial charge in [-0.25, -0.2) is 0 Å². The van der Waals surface area contributed by atoms with E-state index >= 15 is 0 Å². The number of hydrogen-bond acceptors (Lipinski definition) is 7. The predicted octanol–water partition coefficient (Wildman–Crippen LogP) is 3.34. The summed E-state index contributed by atoms with van der Waals surface area (Å²) < 4.78 is 4.87. The van der Waals surface area contributed by atoms with Crippen molar-refractivity contribution in [2.45, 2.75) is 108 Å². The standard InChI is InChI=1S/C26H46O7/c1-2-3-4-5-6-7-8-9-10-11-12-13-14-15-16-17-18-19-24(30)33-21-23(29)26(32)25(31)22(28)20-27/h9-10,12-13,15-16,22-23,25-29,31-32H,2-8,11,14,17-21H2,1H3/t22-,23+,25+,26+/m0/s1. The number of carbonyl (C=O) groups excluding carboxylic acids is 1. The quantitative estimate of drug-likeness (QED) is 0.0989. The number of aliphatic hydroxyl groups is 5. The Balaban J connectivity index is 3.69. The van der Waals surface area contributed by atoms with E-state index in [9.17, 15) is 25.2 Å². The second-order valence-electron chi connectivity index (χ2n) is 8.32. The van der Waals surface area contributed by atoms with Crippen LogP contribution in [0.2, 0.25) is 0 Å². The zero-order chi connectivity index (χ0) is 24.7. The summed E-state index contributed by atoms with van der Waals surface area (Å²) in [7, 11) is 0. The van der Waals surface area contributed by atoms with Gasteiger partial charge in [-0.05, 0) is 38.5 Å². The van der Waals surface area contributed by atoms with Gasteiger partial charge in [-0.15, -0.1) is 0 Å². The molecule has 0 radical (unpaired) electrons. The molecule has 7 heteroatoms. The van der Waals surface area contributed by atoms with Crippen molar-refractivity contribution in [3.05, 3.63) is 36.5 Å². The highest BCUT2D eigenvalue weighted by atomic mass is 16.5. The van der Waals surface area contributed by atoms with E-state index in [0.29, 0.717) is 6.42 Å². The topological polar surface area (TPSA) is 127 Å². The molecule has 0 spiro atoms. The summed E-state index contributed by atoms with van der Waals surface area (Å²) in [5, 5.41) is 46.8. The van der Waals surface area contributed by atoms with E-state index in [2.05, 4.69) is 37.3 Å². The Hall–Kier alpha value is -1.51. The molecular formula is C26H46O7. The van der Waals surface area contributed by atoms with Crippen molar-refractivity contribution in [2.24, 2.45) is 0 Å². The van der Waals surface area contributed by atoms with Gasteiger partial charge in [-0.1, -0.05) is 75.5 Å². The summed E-state index contributed by atoms with van der Waals surface area (Å²) in [5.74, 6) is -0.514. The Bertz CT molecular complexity index is 545. The molecule has 0 amide bonds. The summed E-state index contributed by atoms with van der Waals surface area (Å²) >= 11 is 0. The zero-order valence-electron chi connectivity index (χ0n) is 20.2. The molecule has 5 N–H and O–H groups in total. The van der Waals surface area contributed by atoms with Gasteiger partial charge >= 0.3 is 5.97 Å². The summed E-state index contributed by atoms with van der Waals surface area (Å²) in [4.78, 5) is 11.7. The van der Waals surface area contributed by atoms with E-state index in [0.717, 1.165) is 25.7 Å². The van der Waals surface area contributed by atoms with Gasteiger partial charge in [0.2, 0.25) is 0 Å². The van der Waals surface area contributed by atoms with Gasteiger partial charge in [0, 0.05) is 6.42 Å². The molecule has 0 aliphatic carbocycles. The fourth-order valence-electron chi connectivity index (χ4n) is 3.10. The van der Waals surface area contributed by atoms with Crippen LogP contribution in [0.15, 0.2) is 36.5 Å². The Kier molecular flexibility index (Phi) is 21.3. The van der Waals surface area contributed by atoms with Gasteiger partial charge < -0.3 is 30.3 Å². The summed E-state index contributed by atoms with van der Waals surface area (Å²) in [6.45, 7) is 0.981. The fraction of sp³-hybridized carbons (Fsp3) is 0.731. The number of aliphatic hydroxyl groups excluding tert-OH is 5. The highest BCUT2D eigenvalue weighted by molar-refractivity contribution is 5.69. The molecule has 0 aromatic rings. The van der Waals surface area contributed by atoms with Crippen LogP contribution in [0.5, 0.6) is 0 Å². The maximum absolute atomic E-state index is 11.7. The molecule has 0 aliphatic rings. The number of ether oxygens (including phenoxy) is 1. The van der Waals surface area contributed by atoms with Crippen molar-refractivity contribution >= 4 is 5.97 Å². The van der Waals surface area contributed by atoms with Crippen molar-refractivity contribution in [1.82, 2.24) is 0 Å². The number of rotatable bonds is 21. The van der Waals surface area contributed by atoms with Crippen molar-refractivity contribution in [3.8, 4) is 0 Å². The van der Waals surface area contributed by atoms with Gasteiger partial charge in [0.1, 0.15) is 31.0 Å². The number of carbonyl (C=O) groups is 1. The van der Waals surface area contributed by atoms with Crippen LogP contribution in [0.25, 0.3) is 0 Å². The van der Waals surface area contributed by atoms with Crippen LogP contribution in [0.4, 0.5) is 0 Å². The summed E-state index contributed by atoms with van der Waals surface area (Å²) in [6.07, 6.45) is 18.6. The number of unbranched alkanes of at least 4 members (excludes halogenated alkanes) is 7. The van der Waals surface area contributed by atoms with E-state index in [1.807, 2.05) is 6.08 Å². The molecule has 0 rings (SSSR count). The highest BCUT2D eigenvalue weighted by Crippen LogP contribution is 2.08. The molecule has 33 heavy (non-hydrogen) atoms. The molecule has 0 saturated carbocycles. The number of hydrogen-bond donors (Lipinski definition) is 5. The summed E-state index contributed by atoms with van der Waals surface area (Å²) in [6, 6.07) is 0. The van der Waals surface area contributed by atoms with E-state index < -0.39 is 43.6 Å². The summed E-state index contributed by atoms with van der Waals surface area (Å²) in [5.41, 5.74) is 0. The lowest BCUT2D eigenvalue weighted by Crippen LogP contribution is -2.47. The zero-order valence-corrected chi connectivity index (χ0v) is 20.2. The normalized spacial score (nSPS) is 15.9. The minimum absolute atomic E-state index is 0.175. The van der Waals surface area contributed by atoms with E-state index in [1.54, 1.807) is 0 Å². The molecule has 4 atom stereocenters. The molecule has 0 unspecified atom stereocenters. The lowest BCUT2D eigenvalue weighted by Gasteiger charge is -2.25. The maximum Gasteiger partial charge on any atom is 0.305 e. The first kappa shape index (κ1) is 31.5. The molecule has 192 valence electrons. The van der Waals surface area contributed by atoms with Gasteiger partial charge in [-0.2, -0.15) is 0 Å².